The number of carboxylic acid groups (broad SMARTS) is 1. The summed E-state index contributed by atoms with van der Waals surface area (Å²) in [6.45, 7) is -0.0156. The third-order valence-electron chi connectivity index (χ3n) is 2.68. The summed E-state index contributed by atoms with van der Waals surface area (Å²) in [5.74, 6) is 0.103. The average Bonchev–Trinajstić information content (AvgIpc) is 2.86. The Morgan fingerprint density at radius 2 is 2.39 bits per heavy atom. The van der Waals surface area contributed by atoms with Gasteiger partial charge >= 0.3 is 0 Å². The van der Waals surface area contributed by atoms with Gasteiger partial charge in [0.1, 0.15) is 23.8 Å². The van der Waals surface area contributed by atoms with Crippen LogP contribution in [-0.4, -0.2) is 24.4 Å². The maximum absolute atomic E-state index is 10.8. The fourth-order valence-corrected chi connectivity index (χ4v) is 3.16. The molecule has 1 heterocycles. The quantitative estimate of drug-likeness (QED) is 0.754. The van der Waals surface area contributed by atoms with Crippen molar-refractivity contribution in [1.29, 1.82) is 5.26 Å². The van der Waals surface area contributed by atoms with Crippen LogP contribution in [0.15, 0.2) is 24.3 Å². The standard InChI is InChI=1S/C12H12N2O3S/c13-5-6-17-10-4-2-1-3-8(10)11-14-9(7-18-11)12(15)16/h1-4,9,11,14H,6-7H2,(H,15,16)/t9-,11-/m0/s1. The SMILES string of the molecule is N#CCOc1ccccc1[C@H]1[NH2+][C@H](C(=O)[O-])CS1. The number of carbonyl (C=O) groups is 1. The molecule has 0 unspecified atom stereocenters. The van der Waals surface area contributed by atoms with E-state index in [1.54, 1.807) is 23.1 Å². The Bertz CT molecular complexity index is 486. The van der Waals surface area contributed by atoms with E-state index in [4.69, 9.17) is 10.00 Å². The molecule has 1 fully saturated rings. The van der Waals surface area contributed by atoms with E-state index < -0.39 is 12.0 Å². The molecule has 0 saturated carbocycles. The molecule has 2 atom stereocenters. The van der Waals surface area contributed by atoms with E-state index in [2.05, 4.69) is 0 Å². The largest absolute Gasteiger partial charge is 0.544 e. The normalized spacial score (nSPS) is 22.4. The number of carboxylic acids is 1. The predicted octanol–water partition coefficient (Wildman–Crippen LogP) is -0.984. The maximum atomic E-state index is 10.8. The fourth-order valence-electron chi connectivity index (χ4n) is 1.83. The third-order valence-corrected chi connectivity index (χ3v) is 4.00. The van der Waals surface area contributed by atoms with E-state index in [-0.39, 0.29) is 12.0 Å². The van der Waals surface area contributed by atoms with Crippen molar-refractivity contribution in [2.24, 2.45) is 0 Å². The summed E-state index contributed by atoms with van der Waals surface area (Å²) in [6, 6.07) is 8.76. The topological polar surface area (TPSA) is 89.8 Å². The van der Waals surface area contributed by atoms with Gasteiger partial charge in [0.2, 0.25) is 0 Å². The molecule has 0 amide bonds. The predicted molar refractivity (Wildman–Crippen MR) is 63.5 cm³/mol. The number of carbonyl (C=O) groups excluding carboxylic acids is 1. The van der Waals surface area contributed by atoms with Gasteiger partial charge in [-0.3, -0.25) is 0 Å². The second-order valence-corrected chi connectivity index (χ2v) is 5.03. The van der Waals surface area contributed by atoms with Crippen molar-refractivity contribution in [2.75, 3.05) is 12.4 Å². The molecule has 6 heteroatoms. The number of nitriles is 1. The molecule has 0 bridgehead atoms. The lowest BCUT2D eigenvalue weighted by atomic mass is 10.2. The molecule has 1 aromatic rings. The lowest BCUT2D eigenvalue weighted by Crippen LogP contribution is -2.90. The average molecular weight is 264 g/mol. The number of nitrogens with two attached hydrogens (primary N) is 1. The zero-order valence-corrected chi connectivity index (χ0v) is 10.4. The summed E-state index contributed by atoms with van der Waals surface area (Å²) in [6.07, 6.45) is 0. The van der Waals surface area contributed by atoms with Gasteiger partial charge in [-0.1, -0.05) is 23.9 Å². The highest BCUT2D eigenvalue weighted by Crippen LogP contribution is 2.32. The van der Waals surface area contributed by atoms with Gasteiger partial charge in [-0.15, -0.1) is 0 Å². The molecular weight excluding hydrogens is 252 g/mol. The molecule has 94 valence electrons. The first-order valence-corrected chi connectivity index (χ1v) is 6.53. The first kappa shape index (κ1) is 12.7. The lowest BCUT2D eigenvalue weighted by molar-refractivity contribution is -0.690. The molecule has 5 nitrogen and oxygen atoms in total. The van der Waals surface area contributed by atoms with Gasteiger partial charge in [-0.25, -0.2) is 0 Å². The molecule has 0 aromatic heterocycles. The van der Waals surface area contributed by atoms with Gasteiger partial charge < -0.3 is 20.0 Å². The molecular formula is C12H12N2O3S. The highest BCUT2D eigenvalue weighted by atomic mass is 32.2. The number of hydrogen-bond acceptors (Lipinski definition) is 5. The van der Waals surface area contributed by atoms with Crippen molar-refractivity contribution in [3.05, 3.63) is 29.8 Å². The van der Waals surface area contributed by atoms with E-state index in [1.807, 2.05) is 24.3 Å². The van der Waals surface area contributed by atoms with Gasteiger partial charge in [0.25, 0.3) is 0 Å². The van der Waals surface area contributed by atoms with E-state index >= 15 is 0 Å². The highest BCUT2D eigenvalue weighted by Gasteiger charge is 2.32. The summed E-state index contributed by atoms with van der Waals surface area (Å²) in [7, 11) is 0. The second kappa shape index (κ2) is 5.76. The van der Waals surface area contributed by atoms with Crippen LogP contribution in [0.3, 0.4) is 0 Å². The highest BCUT2D eigenvalue weighted by molar-refractivity contribution is 7.99. The van der Waals surface area contributed by atoms with Crippen LogP contribution in [0.1, 0.15) is 10.9 Å². The van der Waals surface area contributed by atoms with Crippen molar-refractivity contribution in [3.63, 3.8) is 0 Å². The fraction of sp³-hybridized carbons (Fsp3) is 0.333. The third kappa shape index (κ3) is 2.75. The Kier molecular flexibility index (Phi) is 4.07. The number of thioether (sulfide) groups is 1. The Balaban J connectivity index is 2.14. The van der Waals surface area contributed by atoms with Gasteiger partial charge in [-0.2, -0.15) is 5.26 Å². The van der Waals surface area contributed by atoms with Crippen LogP contribution >= 0.6 is 11.8 Å². The van der Waals surface area contributed by atoms with E-state index in [9.17, 15) is 9.90 Å². The smallest absolute Gasteiger partial charge is 0.174 e. The number of benzene rings is 1. The molecule has 18 heavy (non-hydrogen) atoms. The van der Waals surface area contributed by atoms with Gasteiger partial charge in [-0.05, 0) is 12.1 Å². The van der Waals surface area contributed by atoms with Crippen molar-refractivity contribution in [2.45, 2.75) is 11.4 Å². The zero-order chi connectivity index (χ0) is 13.0. The minimum Gasteiger partial charge on any atom is -0.544 e. The number of quaternary nitrogens is 1. The number of ether oxygens (including phenoxy) is 1. The Hall–Kier alpha value is -1.71. The monoisotopic (exact) mass is 264 g/mol. The lowest BCUT2D eigenvalue weighted by Gasteiger charge is -2.14. The van der Waals surface area contributed by atoms with Crippen LogP contribution in [0, 0.1) is 11.3 Å². The molecule has 1 aliphatic heterocycles. The molecule has 1 aliphatic rings. The minimum atomic E-state index is -1.04. The van der Waals surface area contributed by atoms with Crippen molar-refractivity contribution in [3.8, 4) is 11.8 Å². The maximum Gasteiger partial charge on any atom is 0.174 e. The van der Waals surface area contributed by atoms with Crippen LogP contribution in [-0.2, 0) is 4.79 Å². The van der Waals surface area contributed by atoms with E-state index in [0.717, 1.165) is 5.56 Å². The molecule has 2 N–H and O–H groups in total. The van der Waals surface area contributed by atoms with Crippen LogP contribution in [0.25, 0.3) is 0 Å². The summed E-state index contributed by atoms with van der Waals surface area (Å²) >= 11 is 1.54. The summed E-state index contributed by atoms with van der Waals surface area (Å²) < 4.78 is 5.34. The van der Waals surface area contributed by atoms with Crippen molar-refractivity contribution < 1.29 is 20.0 Å². The molecule has 0 aliphatic carbocycles. The zero-order valence-electron chi connectivity index (χ0n) is 9.54. The molecule has 2 rings (SSSR count). The number of para-hydroxylation sites is 1. The number of rotatable bonds is 4. The molecule has 1 saturated heterocycles. The molecule has 0 spiro atoms. The van der Waals surface area contributed by atoms with E-state index in [1.165, 1.54) is 0 Å². The van der Waals surface area contributed by atoms with Crippen LogP contribution in [0.2, 0.25) is 0 Å². The number of nitrogens with zero attached hydrogens (tertiary/aromatic N) is 1. The minimum absolute atomic E-state index is 0.0156. The second-order valence-electron chi connectivity index (χ2n) is 3.86. The van der Waals surface area contributed by atoms with Gasteiger partial charge in [0.05, 0.1) is 11.3 Å². The van der Waals surface area contributed by atoms with E-state index in [0.29, 0.717) is 11.5 Å². The van der Waals surface area contributed by atoms with Crippen LogP contribution in [0.5, 0.6) is 5.75 Å². The summed E-state index contributed by atoms with van der Waals surface area (Å²) in [5.41, 5.74) is 0.904. The first-order valence-electron chi connectivity index (χ1n) is 5.48. The summed E-state index contributed by atoms with van der Waals surface area (Å²) in [5, 5.41) is 21.1. The molecule has 0 radical (unpaired) electrons. The van der Waals surface area contributed by atoms with Crippen molar-refractivity contribution in [1.82, 2.24) is 0 Å². The van der Waals surface area contributed by atoms with Crippen LogP contribution in [0.4, 0.5) is 0 Å². The molecule has 1 aromatic carbocycles. The number of aliphatic carboxylic acids is 1. The van der Waals surface area contributed by atoms with Gasteiger partial charge in [0, 0.05) is 0 Å². The Labute approximate surface area is 109 Å². The Morgan fingerprint density at radius 1 is 1.61 bits per heavy atom. The van der Waals surface area contributed by atoms with Crippen LogP contribution < -0.4 is 15.2 Å². The van der Waals surface area contributed by atoms with Gasteiger partial charge in [0.15, 0.2) is 12.0 Å². The summed E-state index contributed by atoms with van der Waals surface area (Å²) in [4.78, 5) is 10.8. The Morgan fingerprint density at radius 3 is 3.06 bits per heavy atom. The first-order chi connectivity index (χ1) is 8.72. The number of hydrogen-bond donors (Lipinski definition) is 1. The van der Waals surface area contributed by atoms with Crippen molar-refractivity contribution >= 4 is 17.7 Å².